The van der Waals surface area contributed by atoms with Crippen molar-refractivity contribution in [1.29, 1.82) is 0 Å². The van der Waals surface area contributed by atoms with Crippen LogP contribution in [0.15, 0.2) is 41.7 Å². The minimum absolute atomic E-state index is 0.0296. The molecule has 0 amide bonds. The fourth-order valence-electron chi connectivity index (χ4n) is 3.25. The highest BCUT2D eigenvalue weighted by Gasteiger charge is 2.34. The smallest absolute Gasteiger partial charge is 0.224 e. The summed E-state index contributed by atoms with van der Waals surface area (Å²) in [5.74, 6) is -0.733. The molecule has 0 aromatic carbocycles. The summed E-state index contributed by atoms with van der Waals surface area (Å²) < 4.78 is 47.7. The van der Waals surface area contributed by atoms with E-state index in [0.717, 1.165) is 5.39 Å². The van der Waals surface area contributed by atoms with Crippen LogP contribution in [-0.4, -0.2) is 50.8 Å². The van der Waals surface area contributed by atoms with Gasteiger partial charge in [0.2, 0.25) is 5.95 Å². The summed E-state index contributed by atoms with van der Waals surface area (Å²) in [7, 11) is -3.82. The predicted octanol–water partition coefficient (Wildman–Crippen LogP) is 3.60. The molecule has 0 saturated carbocycles. The molecule has 0 radical (unpaired) electrons. The molecule has 4 heterocycles. The zero-order valence-corrected chi connectivity index (χ0v) is 19.1. The van der Waals surface area contributed by atoms with Crippen LogP contribution in [0.25, 0.3) is 27.9 Å². The number of H-pyrrole nitrogens is 1. The molecule has 0 unspecified atom stereocenters. The maximum atomic E-state index is 14.8. The Morgan fingerprint density at radius 3 is 2.75 bits per heavy atom. The Kier molecular flexibility index (Phi) is 5.46. The molecule has 0 bridgehead atoms. The number of pyridine rings is 2. The van der Waals surface area contributed by atoms with Crippen LogP contribution >= 0.6 is 0 Å². The summed E-state index contributed by atoms with van der Waals surface area (Å²) in [6, 6.07) is 4.94. The van der Waals surface area contributed by atoms with Gasteiger partial charge in [-0.05, 0) is 32.9 Å². The summed E-state index contributed by atoms with van der Waals surface area (Å²) >= 11 is 0. The molecule has 10 heteroatoms. The van der Waals surface area contributed by atoms with E-state index in [1.54, 1.807) is 46.0 Å². The molecule has 8 nitrogen and oxygen atoms in total. The number of halogens is 1. The van der Waals surface area contributed by atoms with Gasteiger partial charge in [-0.3, -0.25) is 4.40 Å². The van der Waals surface area contributed by atoms with Crippen molar-refractivity contribution >= 4 is 26.5 Å². The Labute approximate surface area is 185 Å². The first-order valence-electron chi connectivity index (χ1n) is 10.2. The van der Waals surface area contributed by atoms with E-state index in [2.05, 4.69) is 15.0 Å². The third kappa shape index (κ3) is 3.73. The molecule has 170 valence electrons. The van der Waals surface area contributed by atoms with Crippen LogP contribution in [0.5, 0.6) is 5.75 Å². The fraction of sp³-hybridized carbons (Fsp3) is 0.364. The highest BCUT2D eigenvalue weighted by molar-refractivity contribution is 7.92. The first kappa shape index (κ1) is 22.2. The number of hydrogen-bond donors (Lipinski definition) is 2. The van der Waals surface area contributed by atoms with E-state index < -0.39 is 20.5 Å². The number of aromatic amines is 1. The van der Waals surface area contributed by atoms with Crippen LogP contribution in [0, 0.1) is 11.9 Å². The van der Waals surface area contributed by atoms with Gasteiger partial charge in [0.1, 0.15) is 21.9 Å². The van der Waals surface area contributed by atoms with E-state index in [9.17, 15) is 17.9 Å². The van der Waals surface area contributed by atoms with Crippen molar-refractivity contribution in [2.75, 3.05) is 13.2 Å². The van der Waals surface area contributed by atoms with Crippen molar-refractivity contribution in [2.24, 2.45) is 5.92 Å². The van der Waals surface area contributed by atoms with Crippen LogP contribution in [-0.2, 0) is 9.84 Å². The number of aromatic nitrogens is 4. The third-order valence-corrected chi connectivity index (χ3v) is 7.77. The van der Waals surface area contributed by atoms with Crippen molar-refractivity contribution in [3.63, 3.8) is 0 Å². The topological polar surface area (TPSA) is 110 Å². The predicted molar refractivity (Wildman–Crippen MR) is 119 cm³/mol. The van der Waals surface area contributed by atoms with Gasteiger partial charge < -0.3 is 14.8 Å². The average Bonchev–Trinajstić information content (AvgIpc) is 3.35. The normalized spacial score (nSPS) is 13.7. The lowest BCUT2D eigenvalue weighted by atomic mass is 10.2. The van der Waals surface area contributed by atoms with E-state index >= 15 is 0 Å². The monoisotopic (exact) mass is 460 g/mol. The molecule has 0 fully saturated rings. The van der Waals surface area contributed by atoms with Gasteiger partial charge in [-0.2, -0.15) is 4.39 Å². The lowest BCUT2D eigenvalue weighted by Crippen LogP contribution is -2.29. The van der Waals surface area contributed by atoms with Gasteiger partial charge in [0.25, 0.3) is 0 Å². The van der Waals surface area contributed by atoms with Crippen LogP contribution in [0.1, 0.15) is 27.7 Å². The lowest BCUT2D eigenvalue weighted by molar-refractivity contribution is 0.172. The van der Waals surface area contributed by atoms with Crippen molar-refractivity contribution in [3.05, 3.63) is 42.7 Å². The van der Waals surface area contributed by atoms with E-state index in [-0.39, 0.29) is 35.3 Å². The molecule has 0 saturated heterocycles. The molecule has 2 N–H and O–H groups in total. The van der Waals surface area contributed by atoms with Gasteiger partial charge in [0.05, 0.1) is 28.8 Å². The van der Waals surface area contributed by atoms with Crippen molar-refractivity contribution < 1.29 is 22.7 Å². The Hall–Kier alpha value is -2.98. The SMILES string of the molecule is C[C@H](CO)COc1cc2ncc(-c3cc4cc[nH]c4nc3F)n2cc1S(=O)(=O)C(C)(C)C. The van der Waals surface area contributed by atoms with E-state index in [1.165, 1.54) is 22.9 Å². The Morgan fingerprint density at radius 1 is 1.31 bits per heavy atom. The number of nitrogens with zero attached hydrogens (tertiary/aromatic N) is 3. The molecular weight excluding hydrogens is 435 g/mol. The molecular formula is C22H25FN4O4S. The van der Waals surface area contributed by atoms with E-state index in [1.807, 2.05) is 0 Å². The number of ether oxygens (including phenoxy) is 1. The third-order valence-electron chi connectivity index (χ3n) is 5.27. The Balaban J connectivity index is 1.93. The molecule has 4 rings (SSSR count). The van der Waals surface area contributed by atoms with Gasteiger partial charge in [0.15, 0.2) is 9.84 Å². The maximum Gasteiger partial charge on any atom is 0.224 e. The number of nitrogens with one attached hydrogen (secondary N) is 1. The second kappa shape index (κ2) is 7.86. The van der Waals surface area contributed by atoms with Gasteiger partial charge in [-0.1, -0.05) is 6.92 Å². The molecule has 1 atom stereocenters. The molecule has 32 heavy (non-hydrogen) atoms. The van der Waals surface area contributed by atoms with Gasteiger partial charge >= 0.3 is 0 Å². The minimum atomic E-state index is -3.82. The Bertz CT molecular complexity index is 1400. The Morgan fingerprint density at radius 2 is 2.06 bits per heavy atom. The molecule has 4 aromatic heterocycles. The van der Waals surface area contributed by atoms with Gasteiger partial charge in [0, 0.05) is 36.4 Å². The van der Waals surface area contributed by atoms with Crippen LogP contribution < -0.4 is 4.74 Å². The standard InChI is InChI=1S/C22H25FN4O4S/c1-13(11-28)12-31-17-8-19-25-9-16(15-7-14-5-6-24-21(14)26-20(15)23)27(19)10-18(17)32(29,30)22(2,3)4/h5-10,13,28H,11-12H2,1-4H3,(H,24,26)/t13-/m1/s1. The number of hydrogen-bond acceptors (Lipinski definition) is 6. The number of fused-ring (bicyclic) bond motifs is 2. The number of sulfone groups is 1. The summed E-state index contributed by atoms with van der Waals surface area (Å²) in [5, 5.41) is 10.0. The van der Waals surface area contributed by atoms with E-state index in [4.69, 9.17) is 4.74 Å². The molecule has 0 spiro atoms. The molecule has 0 aliphatic heterocycles. The molecule has 4 aromatic rings. The summed E-state index contributed by atoms with van der Waals surface area (Å²) in [6.07, 6.45) is 4.56. The number of rotatable bonds is 6. The summed E-state index contributed by atoms with van der Waals surface area (Å²) in [6.45, 7) is 6.64. The first-order chi connectivity index (χ1) is 15.0. The molecule has 0 aliphatic carbocycles. The highest BCUT2D eigenvalue weighted by Crippen LogP contribution is 2.35. The van der Waals surface area contributed by atoms with Crippen molar-refractivity contribution in [3.8, 4) is 17.0 Å². The maximum absolute atomic E-state index is 14.8. The summed E-state index contributed by atoms with van der Waals surface area (Å²) in [5.41, 5.74) is 1.39. The largest absolute Gasteiger partial charge is 0.492 e. The number of imidazole rings is 1. The highest BCUT2D eigenvalue weighted by atomic mass is 32.2. The van der Waals surface area contributed by atoms with Crippen LogP contribution in [0.2, 0.25) is 0 Å². The number of aliphatic hydroxyl groups is 1. The van der Waals surface area contributed by atoms with E-state index in [0.29, 0.717) is 17.0 Å². The summed E-state index contributed by atoms with van der Waals surface area (Å²) in [4.78, 5) is 11.1. The first-order valence-corrected chi connectivity index (χ1v) is 11.6. The minimum Gasteiger partial charge on any atom is -0.492 e. The second-order valence-electron chi connectivity index (χ2n) is 8.83. The molecule has 0 aliphatic rings. The van der Waals surface area contributed by atoms with Crippen LogP contribution in [0.4, 0.5) is 4.39 Å². The number of aliphatic hydroxyl groups excluding tert-OH is 1. The van der Waals surface area contributed by atoms with Gasteiger partial charge in [-0.15, -0.1) is 0 Å². The lowest BCUT2D eigenvalue weighted by Gasteiger charge is -2.22. The zero-order valence-electron chi connectivity index (χ0n) is 18.3. The van der Waals surface area contributed by atoms with Gasteiger partial charge in [-0.25, -0.2) is 18.4 Å². The second-order valence-corrected chi connectivity index (χ2v) is 11.5. The zero-order chi connectivity index (χ0) is 23.3. The van der Waals surface area contributed by atoms with Crippen molar-refractivity contribution in [1.82, 2.24) is 19.4 Å². The quantitative estimate of drug-likeness (QED) is 0.426. The van der Waals surface area contributed by atoms with Crippen molar-refractivity contribution in [2.45, 2.75) is 37.3 Å². The van der Waals surface area contributed by atoms with Crippen LogP contribution in [0.3, 0.4) is 0 Å². The average molecular weight is 461 g/mol. The fourth-order valence-corrected chi connectivity index (χ4v) is 4.54.